The minimum atomic E-state index is -0.724. The number of nitrogens with zero attached hydrogens (tertiary/aromatic N) is 1. The molecule has 0 bridgehead atoms. The summed E-state index contributed by atoms with van der Waals surface area (Å²) in [6.07, 6.45) is 2.63. The first-order chi connectivity index (χ1) is 10.5. The first-order valence-corrected chi connectivity index (χ1v) is 8.09. The van der Waals surface area contributed by atoms with E-state index in [1.54, 1.807) is 0 Å². The van der Waals surface area contributed by atoms with Crippen LogP contribution in [0, 0.1) is 18.8 Å². The molecule has 0 aliphatic heterocycles. The van der Waals surface area contributed by atoms with E-state index < -0.39 is 5.97 Å². The van der Waals surface area contributed by atoms with Crippen LogP contribution in [-0.2, 0) is 16.1 Å². The predicted octanol–water partition coefficient (Wildman–Crippen LogP) is 3.23. The molecule has 4 heteroatoms. The van der Waals surface area contributed by atoms with Crippen LogP contribution < -0.4 is 0 Å². The summed E-state index contributed by atoms with van der Waals surface area (Å²) < 4.78 is 0. The Morgan fingerprint density at radius 1 is 1.14 bits per heavy atom. The van der Waals surface area contributed by atoms with Crippen LogP contribution in [0.1, 0.15) is 43.7 Å². The number of rotatable bonds is 5. The highest BCUT2D eigenvalue weighted by Gasteiger charge is 2.31. The average molecular weight is 303 g/mol. The Balaban J connectivity index is 1.98. The van der Waals surface area contributed by atoms with E-state index in [0.29, 0.717) is 38.8 Å². The minimum Gasteiger partial charge on any atom is -0.481 e. The molecule has 1 saturated carbocycles. The van der Waals surface area contributed by atoms with Crippen molar-refractivity contribution in [1.29, 1.82) is 0 Å². The van der Waals surface area contributed by atoms with Gasteiger partial charge in [0.15, 0.2) is 0 Å². The smallest absolute Gasteiger partial charge is 0.306 e. The van der Waals surface area contributed by atoms with E-state index in [1.165, 1.54) is 11.1 Å². The van der Waals surface area contributed by atoms with E-state index in [9.17, 15) is 9.59 Å². The Bertz CT molecular complexity index is 533. The highest BCUT2D eigenvalue weighted by atomic mass is 16.4. The lowest BCUT2D eigenvalue weighted by Gasteiger charge is -2.30. The van der Waals surface area contributed by atoms with Gasteiger partial charge in [0, 0.05) is 19.0 Å². The molecule has 22 heavy (non-hydrogen) atoms. The summed E-state index contributed by atoms with van der Waals surface area (Å²) in [7, 11) is 0. The fourth-order valence-electron chi connectivity index (χ4n) is 3.18. The zero-order valence-electron chi connectivity index (χ0n) is 13.4. The molecule has 2 rings (SSSR count). The van der Waals surface area contributed by atoms with Gasteiger partial charge in [-0.25, -0.2) is 0 Å². The summed E-state index contributed by atoms with van der Waals surface area (Å²) in [5.41, 5.74) is 2.38. The Morgan fingerprint density at radius 3 is 2.27 bits per heavy atom. The number of aliphatic carboxylic acids is 1. The maximum absolute atomic E-state index is 12.7. The third-order valence-electron chi connectivity index (χ3n) is 4.74. The Hall–Kier alpha value is -1.84. The lowest BCUT2D eigenvalue weighted by atomic mass is 9.81. The molecule has 120 valence electrons. The van der Waals surface area contributed by atoms with Gasteiger partial charge in [0.1, 0.15) is 0 Å². The summed E-state index contributed by atoms with van der Waals surface area (Å²) in [6, 6.07) is 8.13. The van der Waals surface area contributed by atoms with Gasteiger partial charge in [-0.05, 0) is 50.7 Å². The number of aryl methyl sites for hydroxylation is 1. The first kappa shape index (κ1) is 16.5. The average Bonchev–Trinajstić information content (AvgIpc) is 2.53. The summed E-state index contributed by atoms with van der Waals surface area (Å²) in [5, 5.41) is 9.05. The maximum atomic E-state index is 12.7. The van der Waals surface area contributed by atoms with Crippen molar-refractivity contribution in [3.8, 4) is 0 Å². The number of carbonyl (C=O) groups is 2. The Labute approximate surface area is 132 Å². The number of benzene rings is 1. The third kappa shape index (κ3) is 3.87. The van der Waals surface area contributed by atoms with Crippen molar-refractivity contribution in [2.45, 2.75) is 46.1 Å². The molecule has 0 unspecified atom stereocenters. The van der Waals surface area contributed by atoms with Gasteiger partial charge in [0.05, 0.1) is 5.92 Å². The molecule has 1 aromatic rings. The normalized spacial score (nSPS) is 21.4. The Kier molecular flexibility index (Phi) is 5.58. The summed E-state index contributed by atoms with van der Waals surface area (Å²) in [6.45, 7) is 5.39. The second kappa shape index (κ2) is 7.43. The van der Waals surface area contributed by atoms with Crippen LogP contribution in [0.2, 0.25) is 0 Å². The fraction of sp³-hybridized carbons (Fsp3) is 0.556. The van der Waals surface area contributed by atoms with Crippen molar-refractivity contribution in [1.82, 2.24) is 4.90 Å². The lowest BCUT2D eigenvalue weighted by Crippen LogP contribution is -2.38. The summed E-state index contributed by atoms with van der Waals surface area (Å²) in [4.78, 5) is 25.6. The minimum absolute atomic E-state index is 0.0143. The quantitative estimate of drug-likeness (QED) is 0.908. The standard InChI is InChI=1S/C18H25NO3/c1-3-19(12-16-7-5-4-6-13(16)2)17(20)14-8-10-15(11-9-14)18(21)22/h4-7,14-15H,3,8-12H2,1-2H3,(H,21,22). The van der Waals surface area contributed by atoms with E-state index in [4.69, 9.17) is 5.11 Å². The molecule has 0 radical (unpaired) electrons. The number of amides is 1. The van der Waals surface area contributed by atoms with E-state index in [-0.39, 0.29) is 17.7 Å². The third-order valence-corrected chi connectivity index (χ3v) is 4.74. The van der Waals surface area contributed by atoms with Gasteiger partial charge < -0.3 is 10.0 Å². The van der Waals surface area contributed by atoms with Crippen LogP contribution in [0.15, 0.2) is 24.3 Å². The van der Waals surface area contributed by atoms with Gasteiger partial charge >= 0.3 is 5.97 Å². The van der Waals surface area contributed by atoms with Gasteiger partial charge in [0.25, 0.3) is 0 Å². The highest BCUT2D eigenvalue weighted by Crippen LogP contribution is 2.30. The monoisotopic (exact) mass is 303 g/mol. The van der Waals surface area contributed by atoms with Crippen LogP contribution in [0.3, 0.4) is 0 Å². The molecule has 4 nitrogen and oxygen atoms in total. The zero-order valence-corrected chi connectivity index (χ0v) is 13.4. The predicted molar refractivity (Wildman–Crippen MR) is 85.4 cm³/mol. The molecule has 0 aromatic heterocycles. The molecule has 1 fully saturated rings. The van der Waals surface area contributed by atoms with Crippen molar-refractivity contribution in [3.05, 3.63) is 35.4 Å². The number of hydrogen-bond donors (Lipinski definition) is 1. The SMILES string of the molecule is CCN(Cc1ccccc1C)C(=O)C1CCC(C(=O)O)CC1. The number of carboxylic acid groups (broad SMARTS) is 1. The van der Waals surface area contributed by atoms with E-state index in [1.807, 2.05) is 24.0 Å². The molecule has 0 saturated heterocycles. The highest BCUT2D eigenvalue weighted by molar-refractivity contribution is 5.79. The van der Waals surface area contributed by atoms with E-state index >= 15 is 0 Å². The first-order valence-electron chi connectivity index (χ1n) is 8.09. The molecular formula is C18H25NO3. The number of hydrogen-bond acceptors (Lipinski definition) is 2. The van der Waals surface area contributed by atoms with Gasteiger partial charge in [-0.3, -0.25) is 9.59 Å². The second-order valence-electron chi connectivity index (χ2n) is 6.17. The van der Waals surface area contributed by atoms with Crippen molar-refractivity contribution in [2.75, 3.05) is 6.54 Å². The Morgan fingerprint density at radius 2 is 1.73 bits per heavy atom. The molecule has 1 aliphatic carbocycles. The molecule has 1 N–H and O–H groups in total. The van der Waals surface area contributed by atoms with Crippen LogP contribution in [-0.4, -0.2) is 28.4 Å². The van der Waals surface area contributed by atoms with Gasteiger partial charge in [-0.1, -0.05) is 24.3 Å². The van der Waals surface area contributed by atoms with Gasteiger partial charge in [-0.2, -0.15) is 0 Å². The largest absolute Gasteiger partial charge is 0.481 e. The molecule has 1 aliphatic rings. The van der Waals surface area contributed by atoms with Gasteiger partial charge in [0.2, 0.25) is 5.91 Å². The second-order valence-corrected chi connectivity index (χ2v) is 6.17. The fourth-order valence-corrected chi connectivity index (χ4v) is 3.18. The van der Waals surface area contributed by atoms with Crippen LogP contribution in [0.4, 0.5) is 0 Å². The lowest BCUT2D eigenvalue weighted by molar-refractivity contribution is -0.145. The maximum Gasteiger partial charge on any atom is 0.306 e. The van der Waals surface area contributed by atoms with Crippen molar-refractivity contribution in [2.24, 2.45) is 11.8 Å². The number of carbonyl (C=O) groups excluding carboxylic acids is 1. The number of carboxylic acids is 1. The molecule has 0 atom stereocenters. The molecule has 0 spiro atoms. The van der Waals surface area contributed by atoms with Crippen molar-refractivity contribution < 1.29 is 14.7 Å². The van der Waals surface area contributed by atoms with Crippen molar-refractivity contribution >= 4 is 11.9 Å². The topological polar surface area (TPSA) is 57.6 Å². The molecule has 1 amide bonds. The zero-order chi connectivity index (χ0) is 16.1. The van der Waals surface area contributed by atoms with Crippen LogP contribution in [0.5, 0.6) is 0 Å². The van der Waals surface area contributed by atoms with Crippen molar-refractivity contribution in [3.63, 3.8) is 0 Å². The van der Waals surface area contributed by atoms with Crippen LogP contribution in [0.25, 0.3) is 0 Å². The van der Waals surface area contributed by atoms with Crippen LogP contribution >= 0.6 is 0 Å². The van der Waals surface area contributed by atoms with E-state index in [2.05, 4.69) is 19.1 Å². The summed E-state index contributed by atoms with van der Waals surface area (Å²) in [5.74, 6) is -0.831. The molecule has 1 aromatic carbocycles. The summed E-state index contributed by atoms with van der Waals surface area (Å²) >= 11 is 0. The van der Waals surface area contributed by atoms with E-state index in [0.717, 1.165) is 0 Å². The van der Waals surface area contributed by atoms with Gasteiger partial charge in [-0.15, -0.1) is 0 Å². The molecule has 0 heterocycles. The molecular weight excluding hydrogens is 278 g/mol.